The van der Waals surface area contributed by atoms with Crippen LogP contribution in [0.15, 0.2) is 52.6 Å². The second kappa shape index (κ2) is 9.99. The quantitative estimate of drug-likeness (QED) is 0.519. The van der Waals surface area contributed by atoms with Gasteiger partial charge in [0.15, 0.2) is 0 Å². The van der Waals surface area contributed by atoms with E-state index in [0.29, 0.717) is 17.3 Å². The molecule has 9 heteroatoms. The number of ether oxygens (including phenoxy) is 1. The van der Waals surface area contributed by atoms with Gasteiger partial charge in [-0.15, -0.1) is 0 Å². The Balaban J connectivity index is 2.06. The summed E-state index contributed by atoms with van der Waals surface area (Å²) >= 11 is 6.36. The van der Waals surface area contributed by atoms with E-state index in [1.54, 1.807) is 19.4 Å². The fourth-order valence-corrected chi connectivity index (χ4v) is 4.12. The summed E-state index contributed by atoms with van der Waals surface area (Å²) in [7, 11) is 1.69. The number of pyridine rings is 1. The van der Waals surface area contributed by atoms with E-state index < -0.39 is 11.6 Å². The van der Waals surface area contributed by atoms with Crippen LogP contribution in [0.3, 0.4) is 0 Å². The average Bonchev–Trinajstić information content (AvgIpc) is 3.03. The van der Waals surface area contributed by atoms with Gasteiger partial charge in [0.1, 0.15) is 29.1 Å². The lowest BCUT2D eigenvalue weighted by Gasteiger charge is -2.14. The maximum absolute atomic E-state index is 13.8. The molecule has 0 atom stereocenters. The van der Waals surface area contributed by atoms with E-state index in [-0.39, 0.29) is 17.7 Å². The van der Waals surface area contributed by atoms with Gasteiger partial charge in [-0.05, 0) is 48.0 Å². The fraction of sp³-hybridized carbons (Fsp3) is 0.286. The van der Waals surface area contributed by atoms with Crippen molar-refractivity contribution >= 4 is 29.2 Å². The highest BCUT2D eigenvalue weighted by molar-refractivity contribution is 7.99. The molecule has 2 heterocycles. The summed E-state index contributed by atoms with van der Waals surface area (Å²) in [4.78, 5) is 9.30. The van der Waals surface area contributed by atoms with E-state index in [9.17, 15) is 8.78 Å². The standard InChI is InChI=1S/C21H22F2N4OS2/c1-13(2)19-20(30-17-9-15(22)8-16(23)10-17)27(11-14-4-6-25-7-5-14)18(26-19)12-28-21(29)24-3/h4-10,13H,11-12H2,1-3H3,(H,24,29). The van der Waals surface area contributed by atoms with Crippen molar-refractivity contribution in [2.45, 2.75) is 42.8 Å². The second-order valence-corrected chi connectivity index (χ2v) is 8.28. The topological polar surface area (TPSA) is 52.0 Å². The third-order valence-electron chi connectivity index (χ3n) is 4.25. The molecule has 30 heavy (non-hydrogen) atoms. The zero-order valence-electron chi connectivity index (χ0n) is 16.9. The van der Waals surface area contributed by atoms with Gasteiger partial charge in [0.25, 0.3) is 5.17 Å². The summed E-state index contributed by atoms with van der Waals surface area (Å²) in [5.74, 6) is -0.467. The highest BCUT2D eigenvalue weighted by Crippen LogP contribution is 2.36. The van der Waals surface area contributed by atoms with Gasteiger partial charge in [0, 0.05) is 30.4 Å². The Bertz CT molecular complexity index is 1010. The first-order valence-electron chi connectivity index (χ1n) is 9.34. The van der Waals surface area contributed by atoms with E-state index in [1.807, 2.05) is 30.5 Å². The van der Waals surface area contributed by atoms with Crippen molar-refractivity contribution < 1.29 is 13.5 Å². The fourth-order valence-electron chi connectivity index (χ4n) is 2.83. The van der Waals surface area contributed by atoms with Crippen LogP contribution in [-0.4, -0.2) is 26.8 Å². The predicted octanol–water partition coefficient (Wildman–Crippen LogP) is 4.90. The van der Waals surface area contributed by atoms with Crippen LogP contribution in [0.2, 0.25) is 0 Å². The number of nitrogens with zero attached hydrogens (tertiary/aromatic N) is 3. The molecule has 1 aromatic carbocycles. The third-order valence-corrected chi connectivity index (χ3v) is 5.67. The number of halogens is 2. The van der Waals surface area contributed by atoms with Crippen molar-refractivity contribution in [3.8, 4) is 0 Å². The summed E-state index contributed by atoms with van der Waals surface area (Å²) in [6.07, 6.45) is 3.44. The van der Waals surface area contributed by atoms with Gasteiger partial charge in [0.05, 0.1) is 12.2 Å². The normalized spacial score (nSPS) is 11.0. The van der Waals surface area contributed by atoms with Gasteiger partial charge < -0.3 is 14.6 Å². The summed E-state index contributed by atoms with van der Waals surface area (Å²) in [5.41, 5.74) is 1.84. The highest BCUT2D eigenvalue weighted by atomic mass is 32.2. The Labute approximate surface area is 183 Å². The second-order valence-electron chi connectivity index (χ2n) is 6.85. The smallest absolute Gasteiger partial charge is 0.256 e. The SMILES string of the molecule is CNC(=S)OCc1nc(C(C)C)c(Sc2cc(F)cc(F)c2)n1Cc1ccncc1. The van der Waals surface area contributed by atoms with Crippen LogP contribution < -0.4 is 5.32 Å². The van der Waals surface area contributed by atoms with Gasteiger partial charge in [0.2, 0.25) is 0 Å². The van der Waals surface area contributed by atoms with Gasteiger partial charge in [-0.2, -0.15) is 0 Å². The Hall–Kier alpha value is -2.52. The minimum atomic E-state index is -0.619. The summed E-state index contributed by atoms with van der Waals surface area (Å²) in [6, 6.07) is 7.31. The first kappa shape index (κ1) is 22.2. The molecule has 0 radical (unpaired) electrons. The average molecular weight is 449 g/mol. The molecule has 0 saturated carbocycles. The molecule has 0 spiro atoms. The van der Waals surface area contributed by atoms with Crippen LogP contribution in [0.4, 0.5) is 8.78 Å². The van der Waals surface area contributed by atoms with E-state index in [2.05, 4.69) is 10.3 Å². The largest absolute Gasteiger partial charge is 0.463 e. The Kier molecular flexibility index (Phi) is 7.38. The lowest BCUT2D eigenvalue weighted by Crippen LogP contribution is -2.20. The van der Waals surface area contributed by atoms with Crippen molar-refractivity contribution in [3.05, 3.63) is 71.4 Å². The maximum Gasteiger partial charge on any atom is 0.256 e. The van der Waals surface area contributed by atoms with E-state index in [1.165, 1.54) is 23.9 Å². The van der Waals surface area contributed by atoms with Crippen LogP contribution in [0, 0.1) is 11.6 Å². The van der Waals surface area contributed by atoms with Crippen molar-refractivity contribution in [2.24, 2.45) is 0 Å². The number of hydrogen-bond acceptors (Lipinski definition) is 5. The molecule has 1 N–H and O–H groups in total. The number of nitrogens with one attached hydrogen (secondary N) is 1. The van der Waals surface area contributed by atoms with Crippen LogP contribution in [-0.2, 0) is 17.9 Å². The van der Waals surface area contributed by atoms with E-state index in [4.69, 9.17) is 21.9 Å². The number of imidazole rings is 1. The number of rotatable bonds is 7. The molecule has 0 aliphatic carbocycles. The summed E-state index contributed by atoms with van der Waals surface area (Å²) < 4.78 is 35.1. The molecule has 158 valence electrons. The van der Waals surface area contributed by atoms with Crippen molar-refractivity contribution in [2.75, 3.05) is 7.05 Å². The van der Waals surface area contributed by atoms with Crippen LogP contribution in [0.25, 0.3) is 0 Å². The van der Waals surface area contributed by atoms with Crippen molar-refractivity contribution in [1.82, 2.24) is 19.9 Å². The van der Waals surface area contributed by atoms with E-state index in [0.717, 1.165) is 22.3 Å². The highest BCUT2D eigenvalue weighted by Gasteiger charge is 2.22. The molecule has 2 aromatic heterocycles. The Morgan fingerprint density at radius 3 is 2.47 bits per heavy atom. The molecule has 0 bridgehead atoms. The zero-order chi connectivity index (χ0) is 21.7. The molecule has 0 aliphatic rings. The molecule has 3 rings (SSSR count). The molecule has 0 fully saturated rings. The van der Waals surface area contributed by atoms with Crippen molar-refractivity contribution in [1.29, 1.82) is 0 Å². The minimum Gasteiger partial charge on any atom is -0.463 e. The number of benzene rings is 1. The summed E-state index contributed by atoms with van der Waals surface area (Å²) in [6.45, 7) is 4.73. The van der Waals surface area contributed by atoms with Crippen LogP contribution in [0.1, 0.15) is 36.8 Å². The lowest BCUT2D eigenvalue weighted by atomic mass is 10.1. The molecule has 3 aromatic rings. The third kappa shape index (κ3) is 5.54. The molecule has 0 amide bonds. The number of hydrogen-bond donors (Lipinski definition) is 1. The molecule has 0 aliphatic heterocycles. The van der Waals surface area contributed by atoms with Crippen molar-refractivity contribution in [3.63, 3.8) is 0 Å². The molecular weight excluding hydrogens is 426 g/mol. The Morgan fingerprint density at radius 2 is 1.87 bits per heavy atom. The molecular formula is C21H22F2N4OS2. The maximum atomic E-state index is 13.8. The van der Waals surface area contributed by atoms with Gasteiger partial charge in [-0.3, -0.25) is 4.98 Å². The first-order chi connectivity index (χ1) is 14.4. The van der Waals surface area contributed by atoms with Gasteiger partial charge in [-0.25, -0.2) is 13.8 Å². The summed E-state index contributed by atoms with van der Waals surface area (Å²) in [5, 5.41) is 3.85. The van der Waals surface area contributed by atoms with Gasteiger partial charge >= 0.3 is 0 Å². The van der Waals surface area contributed by atoms with Gasteiger partial charge in [-0.1, -0.05) is 25.6 Å². The monoisotopic (exact) mass is 448 g/mol. The number of thiocarbonyl (C=S) groups is 1. The number of aromatic nitrogens is 3. The minimum absolute atomic E-state index is 0.0968. The molecule has 0 saturated heterocycles. The molecule has 5 nitrogen and oxygen atoms in total. The van der Waals surface area contributed by atoms with Crippen LogP contribution in [0.5, 0.6) is 0 Å². The molecule has 0 unspecified atom stereocenters. The predicted molar refractivity (Wildman–Crippen MR) is 117 cm³/mol. The lowest BCUT2D eigenvalue weighted by molar-refractivity contribution is 0.273. The first-order valence-corrected chi connectivity index (χ1v) is 10.6. The van der Waals surface area contributed by atoms with E-state index >= 15 is 0 Å². The Morgan fingerprint density at radius 1 is 1.20 bits per heavy atom. The zero-order valence-corrected chi connectivity index (χ0v) is 18.5. The van der Waals surface area contributed by atoms with Crippen LogP contribution >= 0.6 is 24.0 Å².